The predicted octanol–water partition coefficient (Wildman–Crippen LogP) is 6.15. The van der Waals surface area contributed by atoms with E-state index in [1.807, 2.05) is 18.2 Å². The number of aryl methyl sites for hydroxylation is 1. The summed E-state index contributed by atoms with van der Waals surface area (Å²) >= 11 is 0. The van der Waals surface area contributed by atoms with Crippen molar-refractivity contribution in [2.45, 2.75) is 6.92 Å². The topological polar surface area (TPSA) is 35.2 Å². The lowest BCUT2D eigenvalue weighted by Crippen LogP contribution is -1.97. The molecule has 126 valence electrons. The van der Waals surface area contributed by atoms with Crippen molar-refractivity contribution in [3.05, 3.63) is 72.3 Å². The van der Waals surface area contributed by atoms with Gasteiger partial charge in [0.15, 0.2) is 0 Å². The van der Waals surface area contributed by atoms with Crippen LogP contribution in [0, 0.1) is 6.92 Å². The van der Waals surface area contributed by atoms with Crippen LogP contribution in [0.3, 0.4) is 0 Å². The molecule has 5 rings (SSSR count). The summed E-state index contributed by atoms with van der Waals surface area (Å²) in [6.45, 7) is 2.17. The molecule has 5 aromatic carbocycles. The van der Waals surface area contributed by atoms with Gasteiger partial charge in [-0.15, -0.1) is 0 Å². The lowest BCUT2D eigenvalue weighted by atomic mass is 9.86. The Morgan fingerprint density at radius 3 is 2.31 bits per heavy atom. The molecule has 5 aromatic rings. The predicted molar refractivity (Wildman–Crippen MR) is 111 cm³/mol. The number of rotatable bonds is 2. The smallest absolute Gasteiger partial charge is 0.135 e. The SMILES string of the molecule is COc1c(-c2ccccc2N)c2cccc3cc(C)c4cccc1c4c32. The van der Waals surface area contributed by atoms with Crippen LogP contribution >= 0.6 is 0 Å². The molecule has 0 aliphatic carbocycles. The van der Waals surface area contributed by atoms with Crippen molar-refractivity contribution in [1.29, 1.82) is 0 Å². The fraction of sp³-hybridized carbons (Fsp3) is 0.0833. The third-order valence-corrected chi connectivity index (χ3v) is 5.38. The first-order valence-electron chi connectivity index (χ1n) is 8.79. The Kier molecular flexibility index (Phi) is 3.10. The zero-order chi connectivity index (χ0) is 17.8. The number of ether oxygens (including phenoxy) is 1. The number of benzene rings is 5. The van der Waals surface area contributed by atoms with E-state index in [-0.39, 0.29) is 0 Å². The molecule has 0 aliphatic rings. The van der Waals surface area contributed by atoms with Gasteiger partial charge in [-0.2, -0.15) is 0 Å². The van der Waals surface area contributed by atoms with E-state index in [4.69, 9.17) is 10.5 Å². The highest BCUT2D eigenvalue weighted by atomic mass is 16.5. The number of nitrogen functional groups attached to an aromatic ring is 1. The molecule has 0 saturated heterocycles. The fourth-order valence-corrected chi connectivity index (χ4v) is 4.29. The first-order valence-corrected chi connectivity index (χ1v) is 8.79. The van der Waals surface area contributed by atoms with Crippen molar-refractivity contribution in [1.82, 2.24) is 0 Å². The van der Waals surface area contributed by atoms with Gasteiger partial charge in [-0.1, -0.05) is 60.7 Å². The van der Waals surface area contributed by atoms with Gasteiger partial charge in [0.05, 0.1) is 7.11 Å². The second-order valence-electron chi connectivity index (χ2n) is 6.82. The molecule has 0 aromatic heterocycles. The van der Waals surface area contributed by atoms with E-state index >= 15 is 0 Å². The van der Waals surface area contributed by atoms with Gasteiger partial charge in [0.25, 0.3) is 0 Å². The summed E-state index contributed by atoms with van der Waals surface area (Å²) in [5.41, 5.74) is 10.5. The average molecular weight is 337 g/mol. The Hall–Kier alpha value is -3.26. The van der Waals surface area contributed by atoms with E-state index in [9.17, 15) is 0 Å². The Labute approximate surface area is 152 Å². The molecule has 0 spiro atoms. The van der Waals surface area contributed by atoms with Crippen LogP contribution in [0.4, 0.5) is 5.69 Å². The minimum absolute atomic E-state index is 0.761. The number of methoxy groups -OCH3 is 1. The largest absolute Gasteiger partial charge is 0.495 e. The van der Waals surface area contributed by atoms with Crippen LogP contribution in [0.15, 0.2) is 66.7 Å². The summed E-state index contributed by atoms with van der Waals surface area (Å²) in [6.07, 6.45) is 0. The van der Waals surface area contributed by atoms with Crippen LogP contribution in [0.2, 0.25) is 0 Å². The maximum absolute atomic E-state index is 6.35. The quantitative estimate of drug-likeness (QED) is 0.310. The molecule has 0 amide bonds. The number of nitrogens with two attached hydrogens (primary N) is 1. The standard InChI is InChI=1S/C24H19NO/c1-14-13-15-7-5-10-18-21(15)22-16(14)9-6-11-19(22)24(26-2)23(18)17-8-3-4-12-20(17)25/h3-13H,25H2,1-2H3. The van der Waals surface area contributed by atoms with E-state index in [0.29, 0.717) is 0 Å². The maximum Gasteiger partial charge on any atom is 0.135 e. The van der Waals surface area contributed by atoms with Gasteiger partial charge >= 0.3 is 0 Å². The van der Waals surface area contributed by atoms with E-state index in [0.717, 1.165) is 28.0 Å². The first-order chi connectivity index (χ1) is 12.7. The summed E-state index contributed by atoms with van der Waals surface area (Å²) in [4.78, 5) is 0. The molecule has 0 heterocycles. The summed E-state index contributed by atoms with van der Waals surface area (Å²) < 4.78 is 5.96. The number of hydrogen-bond donors (Lipinski definition) is 1. The number of hydrogen-bond acceptors (Lipinski definition) is 2. The van der Waals surface area contributed by atoms with E-state index in [1.165, 1.54) is 32.5 Å². The molecule has 26 heavy (non-hydrogen) atoms. The van der Waals surface area contributed by atoms with Crippen molar-refractivity contribution < 1.29 is 4.74 Å². The Morgan fingerprint density at radius 2 is 1.50 bits per heavy atom. The van der Waals surface area contributed by atoms with Gasteiger partial charge in [0, 0.05) is 27.6 Å². The molecule has 2 heteroatoms. The molecule has 0 radical (unpaired) electrons. The molecule has 0 bridgehead atoms. The normalized spacial score (nSPS) is 11.6. The second-order valence-corrected chi connectivity index (χ2v) is 6.82. The van der Waals surface area contributed by atoms with Gasteiger partial charge in [0.1, 0.15) is 5.75 Å². The lowest BCUT2D eigenvalue weighted by Gasteiger charge is -2.20. The van der Waals surface area contributed by atoms with Crippen LogP contribution < -0.4 is 10.5 Å². The number of anilines is 1. The second kappa shape index (κ2) is 5.37. The van der Waals surface area contributed by atoms with Crippen molar-refractivity contribution >= 4 is 38.0 Å². The van der Waals surface area contributed by atoms with Crippen LogP contribution in [0.1, 0.15) is 5.56 Å². The highest BCUT2D eigenvalue weighted by Gasteiger charge is 2.21. The van der Waals surface area contributed by atoms with Gasteiger partial charge in [-0.05, 0) is 40.1 Å². The van der Waals surface area contributed by atoms with E-state index in [1.54, 1.807) is 7.11 Å². The van der Waals surface area contributed by atoms with E-state index < -0.39 is 0 Å². The monoisotopic (exact) mass is 337 g/mol. The van der Waals surface area contributed by atoms with Crippen molar-refractivity contribution in [2.75, 3.05) is 12.8 Å². The fourth-order valence-electron chi connectivity index (χ4n) is 4.29. The minimum Gasteiger partial charge on any atom is -0.495 e. The zero-order valence-corrected chi connectivity index (χ0v) is 14.8. The van der Waals surface area contributed by atoms with E-state index in [2.05, 4.69) is 55.5 Å². The van der Waals surface area contributed by atoms with Gasteiger partial charge in [-0.3, -0.25) is 0 Å². The van der Waals surface area contributed by atoms with Crippen LogP contribution in [-0.4, -0.2) is 7.11 Å². The summed E-state index contributed by atoms with van der Waals surface area (Å²) in [5.74, 6) is 0.888. The molecule has 0 atom stereocenters. The molecule has 0 fully saturated rings. The first kappa shape index (κ1) is 15.0. The Balaban J connectivity index is 2.13. The van der Waals surface area contributed by atoms with Crippen LogP contribution in [0.25, 0.3) is 43.4 Å². The van der Waals surface area contributed by atoms with Crippen LogP contribution in [-0.2, 0) is 0 Å². The summed E-state index contributed by atoms with van der Waals surface area (Å²) in [5, 5.41) is 7.40. The average Bonchev–Trinajstić information content (AvgIpc) is 2.66. The molecule has 2 nitrogen and oxygen atoms in total. The highest BCUT2D eigenvalue weighted by Crippen LogP contribution is 2.48. The summed E-state index contributed by atoms with van der Waals surface area (Å²) in [7, 11) is 1.74. The minimum atomic E-state index is 0.761. The highest BCUT2D eigenvalue weighted by molar-refractivity contribution is 6.29. The Bertz CT molecular complexity index is 1290. The lowest BCUT2D eigenvalue weighted by molar-refractivity contribution is 0.422. The van der Waals surface area contributed by atoms with Crippen molar-refractivity contribution in [3.63, 3.8) is 0 Å². The van der Waals surface area contributed by atoms with Gasteiger partial charge in [0.2, 0.25) is 0 Å². The van der Waals surface area contributed by atoms with Gasteiger partial charge in [-0.25, -0.2) is 0 Å². The molecule has 0 aliphatic heterocycles. The third-order valence-electron chi connectivity index (χ3n) is 5.38. The molecular weight excluding hydrogens is 318 g/mol. The molecule has 2 N–H and O–H groups in total. The van der Waals surface area contributed by atoms with Crippen LogP contribution in [0.5, 0.6) is 5.75 Å². The molecular formula is C24H19NO. The summed E-state index contributed by atoms with van der Waals surface area (Å²) in [6, 6.07) is 23.2. The van der Waals surface area contributed by atoms with Crippen molar-refractivity contribution in [3.8, 4) is 16.9 Å². The molecule has 0 saturated carbocycles. The number of para-hydroxylation sites is 1. The third kappa shape index (κ3) is 1.87. The Morgan fingerprint density at radius 1 is 0.769 bits per heavy atom. The zero-order valence-electron chi connectivity index (χ0n) is 14.8. The van der Waals surface area contributed by atoms with Crippen molar-refractivity contribution in [2.24, 2.45) is 0 Å². The maximum atomic E-state index is 6.35. The van der Waals surface area contributed by atoms with Gasteiger partial charge < -0.3 is 10.5 Å². The molecule has 0 unspecified atom stereocenters.